The van der Waals surface area contributed by atoms with Crippen LogP contribution in [0.1, 0.15) is 31.2 Å². The lowest BCUT2D eigenvalue weighted by atomic mass is 9.80. The van der Waals surface area contributed by atoms with Gasteiger partial charge in [0.2, 0.25) is 0 Å². The Labute approximate surface area is 124 Å². The van der Waals surface area contributed by atoms with E-state index >= 15 is 0 Å². The summed E-state index contributed by atoms with van der Waals surface area (Å²) < 4.78 is 13.6. The van der Waals surface area contributed by atoms with Gasteiger partial charge in [-0.25, -0.2) is 4.39 Å². The molecule has 19 heavy (non-hydrogen) atoms. The van der Waals surface area contributed by atoms with Crippen LogP contribution in [-0.2, 0) is 6.54 Å². The van der Waals surface area contributed by atoms with Crippen molar-refractivity contribution in [3.05, 3.63) is 34.6 Å². The molecule has 0 aliphatic heterocycles. The van der Waals surface area contributed by atoms with Crippen LogP contribution in [-0.4, -0.2) is 12.4 Å². The van der Waals surface area contributed by atoms with Crippen molar-refractivity contribution in [2.24, 2.45) is 11.8 Å². The minimum absolute atomic E-state index is 0.200. The molecular formula is C15H20Cl2FN. The monoisotopic (exact) mass is 303 g/mol. The van der Waals surface area contributed by atoms with Gasteiger partial charge in [-0.2, -0.15) is 0 Å². The van der Waals surface area contributed by atoms with Crippen LogP contribution in [0.2, 0.25) is 5.02 Å². The molecule has 0 amide bonds. The molecule has 4 heteroatoms. The first-order chi connectivity index (χ1) is 9.20. The molecule has 0 radical (unpaired) electrons. The summed E-state index contributed by atoms with van der Waals surface area (Å²) in [6, 6.07) is 4.68. The number of benzene rings is 1. The lowest BCUT2D eigenvalue weighted by Gasteiger charge is -2.30. The molecule has 106 valence electrons. The van der Waals surface area contributed by atoms with Gasteiger partial charge in [-0.05, 0) is 49.4 Å². The maximum absolute atomic E-state index is 13.6. The zero-order chi connectivity index (χ0) is 13.7. The average molecular weight is 304 g/mol. The second kappa shape index (κ2) is 7.47. The first-order valence-corrected chi connectivity index (χ1v) is 7.82. The van der Waals surface area contributed by atoms with Gasteiger partial charge in [0.25, 0.3) is 0 Å². The fraction of sp³-hybridized carbons (Fsp3) is 0.600. The third-order valence-electron chi connectivity index (χ3n) is 3.99. The molecule has 1 aromatic carbocycles. The molecule has 0 heterocycles. The van der Waals surface area contributed by atoms with Crippen LogP contribution >= 0.6 is 23.2 Å². The van der Waals surface area contributed by atoms with Gasteiger partial charge in [0.1, 0.15) is 5.82 Å². The Hall–Kier alpha value is -0.310. The summed E-state index contributed by atoms with van der Waals surface area (Å²) in [6.07, 6.45) is 5.02. The van der Waals surface area contributed by atoms with Crippen LogP contribution in [0.25, 0.3) is 0 Å². The maximum atomic E-state index is 13.6. The number of nitrogens with one attached hydrogen (secondary N) is 1. The summed E-state index contributed by atoms with van der Waals surface area (Å²) in [7, 11) is 0. The van der Waals surface area contributed by atoms with Crippen LogP contribution in [0.3, 0.4) is 0 Å². The highest BCUT2D eigenvalue weighted by Gasteiger charge is 2.23. The summed E-state index contributed by atoms with van der Waals surface area (Å²) >= 11 is 11.9. The molecule has 2 atom stereocenters. The van der Waals surface area contributed by atoms with E-state index in [1.54, 1.807) is 12.1 Å². The molecule has 1 aliphatic carbocycles. The molecular weight excluding hydrogens is 284 g/mol. The minimum atomic E-state index is -0.200. The Balaban J connectivity index is 1.83. The molecule has 0 aromatic heterocycles. The largest absolute Gasteiger partial charge is 0.312 e. The number of hydrogen-bond acceptors (Lipinski definition) is 1. The fourth-order valence-corrected chi connectivity index (χ4v) is 3.43. The zero-order valence-corrected chi connectivity index (χ0v) is 12.5. The van der Waals surface area contributed by atoms with E-state index in [0.717, 1.165) is 12.4 Å². The highest BCUT2D eigenvalue weighted by molar-refractivity contribution is 6.30. The van der Waals surface area contributed by atoms with Gasteiger partial charge in [0, 0.05) is 23.0 Å². The second-order valence-electron chi connectivity index (χ2n) is 5.33. The summed E-state index contributed by atoms with van der Waals surface area (Å²) in [6.45, 7) is 1.43. The van der Waals surface area contributed by atoms with Crippen LogP contribution in [0.5, 0.6) is 0 Å². The standard InChI is InChI=1S/C15H20Cl2FN/c16-8-11-3-1-2-4-12(11)9-19-10-13-7-14(17)5-6-15(13)18/h5-7,11-12,19H,1-4,8-10H2. The molecule has 1 nitrogen and oxygen atoms in total. The normalized spacial score (nSPS) is 23.5. The van der Waals surface area contributed by atoms with E-state index in [-0.39, 0.29) is 5.82 Å². The van der Waals surface area contributed by atoms with Crippen molar-refractivity contribution in [2.75, 3.05) is 12.4 Å². The van der Waals surface area contributed by atoms with E-state index in [9.17, 15) is 4.39 Å². The highest BCUT2D eigenvalue weighted by atomic mass is 35.5. The first kappa shape index (κ1) is 15.1. The first-order valence-electron chi connectivity index (χ1n) is 6.91. The van der Waals surface area contributed by atoms with Gasteiger partial charge in [-0.3, -0.25) is 0 Å². The van der Waals surface area contributed by atoms with Gasteiger partial charge < -0.3 is 5.32 Å². The Morgan fingerprint density at radius 1 is 1.21 bits per heavy atom. The van der Waals surface area contributed by atoms with E-state index in [1.807, 2.05) is 0 Å². The molecule has 0 bridgehead atoms. The van der Waals surface area contributed by atoms with E-state index < -0.39 is 0 Å². The zero-order valence-electron chi connectivity index (χ0n) is 11.0. The molecule has 2 rings (SSSR count). The van der Waals surface area contributed by atoms with Gasteiger partial charge in [-0.1, -0.05) is 24.4 Å². The quantitative estimate of drug-likeness (QED) is 0.783. The van der Waals surface area contributed by atoms with E-state index in [0.29, 0.717) is 29.0 Å². The average Bonchev–Trinajstić information content (AvgIpc) is 2.43. The molecule has 1 N–H and O–H groups in total. The Morgan fingerprint density at radius 2 is 1.95 bits per heavy atom. The van der Waals surface area contributed by atoms with Crippen molar-refractivity contribution < 1.29 is 4.39 Å². The van der Waals surface area contributed by atoms with Crippen molar-refractivity contribution in [1.29, 1.82) is 0 Å². The Morgan fingerprint density at radius 3 is 2.68 bits per heavy atom. The van der Waals surface area contributed by atoms with Crippen LogP contribution in [0, 0.1) is 17.7 Å². The number of alkyl halides is 1. The summed E-state index contributed by atoms with van der Waals surface area (Å²) in [5, 5.41) is 3.92. The lowest BCUT2D eigenvalue weighted by molar-refractivity contribution is 0.250. The van der Waals surface area contributed by atoms with Crippen LogP contribution < -0.4 is 5.32 Å². The van der Waals surface area contributed by atoms with Crippen molar-refractivity contribution in [3.63, 3.8) is 0 Å². The smallest absolute Gasteiger partial charge is 0.127 e. The summed E-state index contributed by atoms with van der Waals surface area (Å²) in [5.41, 5.74) is 0.630. The molecule has 1 aliphatic rings. The van der Waals surface area contributed by atoms with Gasteiger partial charge in [0.15, 0.2) is 0 Å². The second-order valence-corrected chi connectivity index (χ2v) is 6.07. The topological polar surface area (TPSA) is 12.0 Å². The van der Waals surface area contributed by atoms with Gasteiger partial charge >= 0.3 is 0 Å². The van der Waals surface area contributed by atoms with Crippen molar-refractivity contribution >= 4 is 23.2 Å². The molecule has 2 unspecified atom stereocenters. The van der Waals surface area contributed by atoms with Crippen LogP contribution in [0.15, 0.2) is 18.2 Å². The summed E-state index contributed by atoms with van der Waals surface area (Å²) in [5.74, 6) is 1.76. The molecule has 0 spiro atoms. The third-order valence-corrected chi connectivity index (χ3v) is 4.63. The van der Waals surface area contributed by atoms with Crippen molar-refractivity contribution in [1.82, 2.24) is 5.32 Å². The Bertz CT molecular complexity index is 411. The van der Waals surface area contributed by atoms with Crippen molar-refractivity contribution in [3.8, 4) is 0 Å². The van der Waals surface area contributed by atoms with Crippen molar-refractivity contribution in [2.45, 2.75) is 32.2 Å². The van der Waals surface area contributed by atoms with Crippen LogP contribution in [0.4, 0.5) is 4.39 Å². The maximum Gasteiger partial charge on any atom is 0.127 e. The number of halogens is 3. The van der Waals surface area contributed by atoms with E-state index in [4.69, 9.17) is 23.2 Å². The molecule has 1 saturated carbocycles. The SMILES string of the molecule is Fc1ccc(Cl)cc1CNCC1CCCCC1CCl. The fourth-order valence-electron chi connectivity index (χ4n) is 2.83. The summed E-state index contributed by atoms with van der Waals surface area (Å²) in [4.78, 5) is 0. The number of rotatable bonds is 5. The predicted octanol–water partition coefficient (Wildman–Crippen LogP) is 4.61. The molecule has 1 aromatic rings. The van der Waals surface area contributed by atoms with Gasteiger partial charge in [-0.15, -0.1) is 11.6 Å². The predicted molar refractivity (Wildman–Crippen MR) is 79.3 cm³/mol. The van der Waals surface area contributed by atoms with E-state index in [2.05, 4.69) is 5.32 Å². The molecule has 0 saturated heterocycles. The van der Waals surface area contributed by atoms with E-state index in [1.165, 1.54) is 31.7 Å². The minimum Gasteiger partial charge on any atom is -0.312 e. The molecule has 1 fully saturated rings. The lowest BCUT2D eigenvalue weighted by Crippen LogP contribution is -2.31. The highest BCUT2D eigenvalue weighted by Crippen LogP contribution is 2.30. The van der Waals surface area contributed by atoms with Gasteiger partial charge in [0.05, 0.1) is 0 Å². The third kappa shape index (κ3) is 4.34. The number of hydrogen-bond donors (Lipinski definition) is 1. The Kier molecular flexibility index (Phi) is 5.93.